The molecular weight excluding hydrogens is 276 g/mol. The quantitative estimate of drug-likeness (QED) is 0.428. The van der Waals surface area contributed by atoms with Crippen LogP contribution < -0.4 is 11.1 Å². The van der Waals surface area contributed by atoms with Crippen molar-refractivity contribution in [3.8, 4) is 0 Å². The molecule has 0 spiro atoms. The lowest BCUT2D eigenvalue weighted by atomic mass is 9.81. The summed E-state index contributed by atoms with van der Waals surface area (Å²) in [6.45, 7) is 9.10. The lowest BCUT2D eigenvalue weighted by molar-refractivity contribution is 0.0376. The first-order valence-corrected chi connectivity index (χ1v) is 9.11. The molecule has 5 nitrogen and oxygen atoms in total. The Hall–Kier alpha value is -0.810. The highest BCUT2D eigenvalue weighted by Gasteiger charge is 2.19. The van der Waals surface area contributed by atoms with E-state index in [1.807, 2.05) is 0 Å². The highest BCUT2D eigenvalue weighted by Crippen LogP contribution is 2.30. The average Bonchev–Trinajstić information content (AvgIpc) is 2.58. The predicted molar refractivity (Wildman–Crippen MR) is 92.1 cm³/mol. The molecule has 1 aliphatic heterocycles. The fourth-order valence-corrected chi connectivity index (χ4v) is 3.45. The zero-order valence-electron chi connectivity index (χ0n) is 14.2. The van der Waals surface area contributed by atoms with Gasteiger partial charge in [-0.05, 0) is 37.6 Å². The molecule has 128 valence electrons. The van der Waals surface area contributed by atoms with E-state index in [-0.39, 0.29) is 0 Å². The summed E-state index contributed by atoms with van der Waals surface area (Å²) >= 11 is 0. The summed E-state index contributed by atoms with van der Waals surface area (Å²) in [5.74, 6) is 2.33. The van der Waals surface area contributed by atoms with Crippen LogP contribution in [0.25, 0.3) is 0 Å². The minimum atomic E-state index is 0.625. The highest BCUT2D eigenvalue weighted by molar-refractivity contribution is 5.77. The summed E-state index contributed by atoms with van der Waals surface area (Å²) in [5.41, 5.74) is 5.97. The van der Waals surface area contributed by atoms with Crippen LogP contribution in [0.4, 0.5) is 0 Å². The summed E-state index contributed by atoms with van der Waals surface area (Å²) in [4.78, 5) is 6.98. The van der Waals surface area contributed by atoms with Gasteiger partial charge in [0.15, 0.2) is 5.96 Å². The Kier molecular flexibility index (Phi) is 8.02. The van der Waals surface area contributed by atoms with E-state index in [0.29, 0.717) is 5.96 Å². The average molecular weight is 310 g/mol. The molecule has 1 heterocycles. The third-order valence-corrected chi connectivity index (χ3v) is 5.12. The molecule has 22 heavy (non-hydrogen) atoms. The Morgan fingerprint density at radius 2 is 1.86 bits per heavy atom. The molecule has 1 aliphatic carbocycles. The Balaban J connectivity index is 1.52. The maximum Gasteiger partial charge on any atom is 0.188 e. The number of aliphatic imine (C=N–C) groups is 1. The van der Waals surface area contributed by atoms with Crippen LogP contribution in [0.5, 0.6) is 0 Å². The Morgan fingerprint density at radius 1 is 1.18 bits per heavy atom. The number of nitrogens with zero attached hydrogens (tertiary/aromatic N) is 2. The third kappa shape index (κ3) is 6.53. The number of nitrogens with two attached hydrogens (primary N) is 1. The van der Waals surface area contributed by atoms with Crippen LogP contribution in [-0.4, -0.2) is 56.8 Å². The monoisotopic (exact) mass is 310 g/mol. The maximum atomic E-state index is 5.97. The van der Waals surface area contributed by atoms with Gasteiger partial charge in [-0.2, -0.15) is 0 Å². The standard InChI is InChI=1S/C17H34N4O/c1-2-15-4-6-16(7-5-15)14-20-17(18)19-8-3-9-21-10-12-22-13-11-21/h15-16H,2-14H2,1H3,(H3,18,19,20). The van der Waals surface area contributed by atoms with E-state index in [1.54, 1.807) is 0 Å². The molecule has 2 aliphatic rings. The number of rotatable bonds is 7. The van der Waals surface area contributed by atoms with Crippen LogP contribution in [0.2, 0.25) is 0 Å². The normalized spacial score (nSPS) is 27.8. The second-order valence-corrected chi connectivity index (χ2v) is 6.76. The van der Waals surface area contributed by atoms with E-state index < -0.39 is 0 Å². The first-order chi connectivity index (χ1) is 10.8. The number of guanidine groups is 1. The number of hydrogen-bond donors (Lipinski definition) is 2. The summed E-state index contributed by atoms with van der Waals surface area (Å²) in [5, 5.41) is 3.25. The van der Waals surface area contributed by atoms with Crippen molar-refractivity contribution in [2.75, 3.05) is 45.9 Å². The minimum Gasteiger partial charge on any atom is -0.379 e. The van der Waals surface area contributed by atoms with Gasteiger partial charge >= 0.3 is 0 Å². The second kappa shape index (κ2) is 10.1. The SMILES string of the molecule is CCC1CCC(CN=C(N)NCCCN2CCOCC2)CC1. The van der Waals surface area contributed by atoms with Gasteiger partial charge in [0.25, 0.3) is 0 Å². The number of nitrogens with one attached hydrogen (secondary N) is 1. The number of ether oxygens (including phenoxy) is 1. The van der Waals surface area contributed by atoms with Crippen LogP contribution in [0.3, 0.4) is 0 Å². The van der Waals surface area contributed by atoms with E-state index in [9.17, 15) is 0 Å². The summed E-state index contributed by atoms with van der Waals surface area (Å²) in [6.07, 6.45) is 7.85. The third-order valence-electron chi connectivity index (χ3n) is 5.12. The van der Waals surface area contributed by atoms with Crippen LogP contribution in [0, 0.1) is 11.8 Å². The Labute approximate surface area is 135 Å². The van der Waals surface area contributed by atoms with Gasteiger partial charge < -0.3 is 15.8 Å². The van der Waals surface area contributed by atoms with Gasteiger partial charge in [-0.15, -0.1) is 0 Å². The van der Waals surface area contributed by atoms with Crippen molar-refractivity contribution < 1.29 is 4.74 Å². The lowest BCUT2D eigenvalue weighted by Gasteiger charge is -2.27. The molecule has 0 amide bonds. The zero-order valence-corrected chi connectivity index (χ0v) is 14.2. The topological polar surface area (TPSA) is 62.9 Å². The van der Waals surface area contributed by atoms with Crippen LogP contribution >= 0.6 is 0 Å². The van der Waals surface area contributed by atoms with Crippen molar-refractivity contribution in [2.24, 2.45) is 22.6 Å². The molecule has 1 saturated carbocycles. The van der Waals surface area contributed by atoms with Crippen LogP contribution in [-0.2, 0) is 4.74 Å². The van der Waals surface area contributed by atoms with Crippen molar-refractivity contribution in [1.82, 2.24) is 10.2 Å². The smallest absolute Gasteiger partial charge is 0.188 e. The molecule has 0 radical (unpaired) electrons. The molecule has 1 saturated heterocycles. The molecular formula is C17H34N4O. The molecule has 0 bridgehead atoms. The maximum absolute atomic E-state index is 5.97. The van der Waals surface area contributed by atoms with Crippen LogP contribution in [0.15, 0.2) is 4.99 Å². The molecule has 0 aromatic carbocycles. The first kappa shape index (κ1) is 17.5. The van der Waals surface area contributed by atoms with E-state index in [4.69, 9.17) is 10.5 Å². The van der Waals surface area contributed by atoms with Crippen molar-refractivity contribution in [2.45, 2.75) is 45.4 Å². The molecule has 0 atom stereocenters. The molecule has 0 aromatic heterocycles. The van der Waals surface area contributed by atoms with Gasteiger partial charge in [0.05, 0.1) is 13.2 Å². The van der Waals surface area contributed by atoms with E-state index in [2.05, 4.69) is 22.1 Å². The van der Waals surface area contributed by atoms with Crippen LogP contribution in [0.1, 0.15) is 45.4 Å². The zero-order chi connectivity index (χ0) is 15.6. The first-order valence-electron chi connectivity index (χ1n) is 9.11. The number of morpholine rings is 1. The van der Waals surface area contributed by atoms with Gasteiger partial charge in [-0.1, -0.05) is 26.2 Å². The van der Waals surface area contributed by atoms with E-state index in [0.717, 1.165) is 64.2 Å². The molecule has 2 rings (SSSR count). The fraction of sp³-hybridized carbons (Fsp3) is 0.941. The van der Waals surface area contributed by atoms with E-state index >= 15 is 0 Å². The molecule has 5 heteroatoms. The van der Waals surface area contributed by atoms with Crippen molar-refractivity contribution >= 4 is 5.96 Å². The lowest BCUT2D eigenvalue weighted by Crippen LogP contribution is -2.39. The molecule has 3 N–H and O–H groups in total. The van der Waals surface area contributed by atoms with Crippen molar-refractivity contribution in [1.29, 1.82) is 0 Å². The Morgan fingerprint density at radius 3 is 2.55 bits per heavy atom. The largest absolute Gasteiger partial charge is 0.379 e. The summed E-state index contributed by atoms with van der Waals surface area (Å²) < 4.78 is 5.35. The van der Waals surface area contributed by atoms with E-state index in [1.165, 1.54) is 32.1 Å². The summed E-state index contributed by atoms with van der Waals surface area (Å²) in [6, 6.07) is 0. The highest BCUT2D eigenvalue weighted by atomic mass is 16.5. The molecule has 2 fully saturated rings. The number of hydrogen-bond acceptors (Lipinski definition) is 3. The fourth-order valence-electron chi connectivity index (χ4n) is 3.45. The minimum absolute atomic E-state index is 0.625. The van der Waals surface area contributed by atoms with Gasteiger partial charge in [0.1, 0.15) is 0 Å². The van der Waals surface area contributed by atoms with Gasteiger partial charge in [-0.3, -0.25) is 9.89 Å². The van der Waals surface area contributed by atoms with Gasteiger partial charge in [0.2, 0.25) is 0 Å². The molecule has 0 aromatic rings. The predicted octanol–water partition coefficient (Wildman–Crippen LogP) is 1.83. The summed E-state index contributed by atoms with van der Waals surface area (Å²) in [7, 11) is 0. The Bertz CT molecular complexity index is 321. The van der Waals surface area contributed by atoms with Crippen molar-refractivity contribution in [3.63, 3.8) is 0 Å². The molecule has 0 unspecified atom stereocenters. The van der Waals surface area contributed by atoms with Gasteiger partial charge in [0, 0.05) is 26.2 Å². The second-order valence-electron chi connectivity index (χ2n) is 6.76. The van der Waals surface area contributed by atoms with Crippen molar-refractivity contribution in [3.05, 3.63) is 0 Å². The van der Waals surface area contributed by atoms with Gasteiger partial charge in [-0.25, -0.2) is 0 Å².